The smallest absolute Gasteiger partial charge is 0.238 e. The van der Waals surface area contributed by atoms with Crippen molar-refractivity contribution in [3.63, 3.8) is 0 Å². The van der Waals surface area contributed by atoms with E-state index in [9.17, 15) is 4.79 Å². The van der Waals surface area contributed by atoms with Gasteiger partial charge in [-0.05, 0) is 54.8 Å². The molecule has 0 radical (unpaired) electrons. The van der Waals surface area contributed by atoms with Gasteiger partial charge >= 0.3 is 0 Å². The fourth-order valence-electron chi connectivity index (χ4n) is 3.79. The molecule has 28 heavy (non-hydrogen) atoms. The van der Waals surface area contributed by atoms with Gasteiger partial charge in [-0.15, -0.1) is 0 Å². The van der Waals surface area contributed by atoms with E-state index in [4.69, 9.17) is 14.7 Å². The maximum Gasteiger partial charge on any atom is 0.238 e. The monoisotopic (exact) mass is 377 g/mol. The molecular formula is C22H23N3O3. The van der Waals surface area contributed by atoms with Crippen LogP contribution in [0, 0.1) is 11.3 Å². The fraction of sp³-hybridized carbons (Fsp3) is 0.364. The second kappa shape index (κ2) is 7.91. The van der Waals surface area contributed by atoms with Crippen LogP contribution in [0.15, 0.2) is 36.4 Å². The normalized spacial score (nSPS) is 18.5. The van der Waals surface area contributed by atoms with Gasteiger partial charge in [-0.25, -0.2) is 0 Å². The molecule has 0 aromatic heterocycles. The van der Waals surface area contributed by atoms with Crippen molar-refractivity contribution in [3.8, 4) is 17.6 Å². The van der Waals surface area contributed by atoms with E-state index < -0.39 is 0 Å². The lowest BCUT2D eigenvalue weighted by Gasteiger charge is -2.35. The van der Waals surface area contributed by atoms with E-state index in [1.807, 2.05) is 0 Å². The number of nitriles is 1. The molecule has 0 bridgehead atoms. The van der Waals surface area contributed by atoms with Gasteiger partial charge in [-0.2, -0.15) is 5.26 Å². The van der Waals surface area contributed by atoms with Crippen LogP contribution in [0.25, 0.3) is 0 Å². The molecule has 0 saturated heterocycles. The summed E-state index contributed by atoms with van der Waals surface area (Å²) >= 11 is 0. The number of anilines is 1. The molecule has 0 spiro atoms. The number of hydrogen-bond donors (Lipinski definition) is 1. The van der Waals surface area contributed by atoms with Gasteiger partial charge in [-0.1, -0.05) is 6.07 Å². The lowest BCUT2D eigenvalue weighted by atomic mass is 9.93. The van der Waals surface area contributed by atoms with Gasteiger partial charge in [-0.3, -0.25) is 9.69 Å². The zero-order valence-corrected chi connectivity index (χ0v) is 15.9. The molecule has 1 unspecified atom stereocenters. The van der Waals surface area contributed by atoms with Crippen LogP contribution in [0.4, 0.5) is 5.69 Å². The van der Waals surface area contributed by atoms with Crippen molar-refractivity contribution in [1.82, 2.24) is 4.90 Å². The van der Waals surface area contributed by atoms with Crippen LogP contribution in [-0.4, -0.2) is 37.1 Å². The zero-order valence-electron chi connectivity index (χ0n) is 15.9. The van der Waals surface area contributed by atoms with Gasteiger partial charge in [0.05, 0.1) is 31.4 Å². The molecule has 144 valence electrons. The minimum Gasteiger partial charge on any atom is -0.490 e. The van der Waals surface area contributed by atoms with Gasteiger partial charge in [0.15, 0.2) is 11.5 Å². The highest BCUT2D eigenvalue weighted by Crippen LogP contribution is 2.39. The number of hydrogen-bond acceptors (Lipinski definition) is 5. The maximum absolute atomic E-state index is 12.5. The Labute approximate surface area is 164 Å². The minimum atomic E-state index is -0.0836. The van der Waals surface area contributed by atoms with E-state index >= 15 is 0 Å². The Kier molecular flexibility index (Phi) is 5.18. The summed E-state index contributed by atoms with van der Waals surface area (Å²) in [6.07, 6.45) is 1.75. The molecule has 0 aliphatic carbocycles. The lowest BCUT2D eigenvalue weighted by molar-refractivity contribution is -0.117. The Hall–Kier alpha value is -3.04. The van der Waals surface area contributed by atoms with E-state index in [-0.39, 0.29) is 11.9 Å². The third kappa shape index (κ3) is 3.80. The molecule has 6 nitrogen and oxygen atoms in total. The third-order valence-electron chi connectivity index (χ3n) is 5.30. The van der Waals surface area contributed by atoms with Crippen molar-refractivity contribution in [1.29, 1.82) is 5.26 Å². The number of nitrogens with one attached hydrogen (secondary N) is 1. The number of fused-ring (bicyclic) bond motifs is 2. The average Bonchev–Trinajstić information content (AvgIpc) is 2.94. The highest BCUT2D eigenvalue weighted by Gasteiger charge is 2.27. The van der Waals surface area contributed by atoms with E-state index in [1.54, 1.807) is 24.3 Å². The third-order valence-corrected chi connectivity index (χ3v) is 5.30. The van der Waals surface area contributed by atoms with Crippen LogP contribution < -0.4 is 14.8 Å². The molecule has 0 saturated carbocycles. The van der Waals surface area contributed by atoms with Crippen molar-refractivity contribution in [2.45, 2.75) is 25.8 Å². The fourth-order valence-corrected chi connectivity index (χ4v) is 3.79. The molecule has 4 rings (SSSR count). The Morgan fingerprint density at radius 3 is 2.82 bits per heavy atom. The second-order valence-electron chi connectivity index (χ2n) is 7.19. The molecule has 2 aliphatic heterocycles. The molecule has 1 atom stereocenters. The SMILES string of the molecule is CC1c2cc3c(cc2CCN1CC(=O)Nc1cccc(C#N)c1)OCCCO3. The lowest BCUT2D eigenvalue weighted by Crippen LogP contribution is -2.39. The molecule has 1 N–H and O–H groups in total. The van der Waals surface area contributed by atoms with Gasteiger partial charge in [0.2, 0.25) is 5.91 Å². The summed E-state index contributed by atoms with van der Waals surface area (Å²) < 4.78 is 11.6. The van der Waals surface area contributed by atoms with Crippen molar-refractivity contribution >= 4 is 11.6 Å². The Morgan fingerprint density at radius 1 is 1.25 bits per heavy atom. The Morgan fingerprint density at radius 2 is 2.04 bits per heavy atom. The first-order valence-electron chi connectivity index (χ1n) is 9.60. The predicted molar refractivity (Wildman–Crippen MR) is 106 cm³/mol. The number of nitrogens with zero attached hydrogens (tertiary/aromatic N) is 2. The number of ether oxygens (including phenoxy) is 2. The summed E-state index contributed by atoms with van der Waals surface area (Å²) in [4.78, 5) is 14.7. The second-order valence-corrected chi connectivity index (χ2v) is 7.19. The van der Waals surface area contributed by atoms with E-state index in [0.717, 1.165) is 30.9 Å². The standard InChI is InChI=1S/C22H23N3O3/c1-15-19-12-21-20(27-8-3-9-28-21)11-17(19)6-7-25(15)14-22(26)24-18-5-2-4-16(10-18)13-23/h2,4-5,10-12,15H,3,6-9,14H2,1H3,(H,24,26). The van der Waals surface area contributed by atoms with E-state index in [1.165, 1.54) is 11.1 Å². The highest BCUT2D eigenvalue weighted by atomic mass is 16.5. The molecular weight excluding hydrogens is 354 g/mol. The summed E-state index contributed by atoms with van der Waals surface area (Å²) in [5, 5.41) is 11.9. The number of rotatable bonds is 3. The topological polar surface area (TPSA) is 74.6 Å². The van der Waals surface area contributed by atoms with Crippen LogP contribution in [0.3, 0.4) is 0 Å². The van der Waals surface area contributed by atoms with Crippen molar-refractivity contribution in [2.75, 3.05) is 31.6 Å². The quantitative estimate of drug-likeness (QED) is 0.889. The number of carbonyl (C=O) groups is 1. The largest absolute Gasteiger partial charge is 0.490 e. The van der Waals surface area contributed by atoms with Crippen LogP contribution in [-0.2, 0) is 11.2 Å². The van der Waals surface area contributed by atoms with Crippen LogP contribution in [0.5, 0.6) is 11.5 Å². The molecule has 1 amide bonds. The molecule has 0 fully saturated rings. The summed E-state index contributed by atoms with van der Waals surface area (Å²) in [5.74, 6) is 1.54. The summed E-state index contributed by atoms with van der Waals surface area (Å²) in [5.41, 5.74) is 3.62. The van der Waals surface area contributed by atoms with Gasteiger partial charge in [0.1, 0.15) is 0 Å². The molecule has 6 heteroatoms. The molecule has 2 aromatic rings. The van der Waals surface area contributed by atoms with Crippen molar-refractivity contribution < 1.29 is 14.3 Å². The molecule has 2 aromatic carbocycles. The van der Waals surface area contributed by atoms with Crippen molar-refractivity contribution in [3.05, 3.63) is 53.1 Å². The first-order chi connectivity index (χ1) is 13.6. The maximum atomic E-state index is 12.5. The first-order valence-corrected chi connectivity index (χ1v) is 9.60. The van der Waals surface area contributed by atoms with Crippen LogP contribution in [0.1, 0.15) is 36.1 Å². The van der Waals surface area contributed by atoms with E-state index in [0.29, 0.717) is 31.0 Å². The average molecular weight is 377 g/mol. The Balaban J connectivity index is 1.46. The van der Waals surface area contributed by atoms with Gasteiger partial charge < -0.3 is 14.8 Å². The van der Waals surface area contributed by atoms with Gasteiger partial charge in [0.25, 0.3) is 0 Å². The molecule has 2 heterocycles. The number of amides is 1. The predicted octanol–water partition coefficient (Wildman–Crippen LogP) is 3.28. The highest BCUT2D eigenvalue weighted by molar-refractivity contribution is 5.92. The van der Waals surface area contributed by atoms with Gasteiger partial charge in [0, 0.05) is 24.7 Å². The summed E-state index contributed by atoms with van der Waals surface area (Å²) in [6.45, 7) is 4.56. The number of carbonyl (C=O) groups excluding carboxylic acids is 1. The Bertz CT molecular complexity index is 935. The first kappa shape index (κ1) is 18.3. The van der Waals surface area contributed by atoms with Crippen molar-refractivity contribution in [2.24, 2.45) is 0 Å². The molecule has 2 aliphatic rings. The number of benzene rings is 2. The summed E-state index contributed by atoms with van der Waals surface area (Å²) in [6, 6.07) is 13.3. The zero-order chi connectivity index (χ0) is 19.5. The van der Waals surface area contributed by atoms with Crippen LogP contribution in [0.2, 0.25) is 0 Å². The minimum absolute atomic E-state index is 0.0836. The summed E-state index contributed by atoms with van der Waals surface area (Å²) in [7, 11) is 0. The van der Waals surface area contributed by atoms with Crippen LogP contribution >= 0.6 is 0 Å². The van der Waals surface area contributed by atoms with E-state index in [2.05, 4.69) is 35.3 Å².